The second-order valence-electron chi connectivity index (χ2n) is 6.11. The summed E-state index contributed by atoms with van der Waals surface area (Å²) in [6.07, 6.45) is 3.62. The number of carbonyl (C=O) groups is 1. The van der Waals surface area contributed by atoms with Crippen LogP contribution in [0.3, 0.4) is 0 Å². The number of amides is 1. The third-order valence-electron chi connectivity index (χ3n) is 4.26. The Kier molecular flexibility index (Phi) is 4.48. The monoisotopic (exact) mass is 279 g/mol. The Morgan fingerprint density at radius 3 is 2.75 bits per heavy atom. The Morgan fingerprint density at radius 1 is 1.50 bits per heavy atom. The molecule has 2 heterocycles. The van der Waals surface area contributed by atoms with E-state index in [-0.39, 0.29) is 30.5 Å². The minimum atomic E-state index is 0.0417. The van der Waals surface area contributed by atoms with Gasteiger partial charge >= 0.3 is 0 Å². The molecular formula is C15H25N3O2. The summed E-state index contributed by atoms with van der Waals surface area (Å²) < 4.78 is 1.88. The topological polar surface area (TPSA) is 58.4 Å². The molecule has 0 aliphatic carbocycles. The summed E-state index contributed by atoms with van der Waals surface area (Å²) in [7, 11) is 0. The average molecular weight is 279 g/mol. The lowest BCUT2D eigenvalue weighted by Gasteiger charge is -2.37. The maximum Gasteiger partial charge on any atom is 0.257 e. The SMILES string of the molecule is Cc1c(C(=O)N2CC(CO)CCC2C)cnn1C(C)C. The first-order valence-corrected chi connectivity index (χ1v) is 7.41. The van der Waals surface area contributed by atoms with Crippen molar-refractivity contribution in [1.82, 2.24) is 14.7 Å². The molecule has 5 heteroatoms. The third kappa shape index (κ3) is 2.73. The lowest BCUT2D eigenvalue weighted by atomic mass is 9.93. The van der Waals surface area contributed by atoms with Gasteiger partial charge in [-0.15, -0.1) is 0 Å². The number of aliphatic hydroxyl groups excluding tert-OH is 1. The lowest BCUT2D eigenvalue weighted by molar-refractivity contribution is 0.0488. The normalized spacial score (nSPS) is 23.4. The average Bonchev–Trinajstić information content (AvgIpc) is 2.80. The maximum atomic E-state index is 12.7. The number of hydrogen-bond acceptors (Lipinski definition) is 3. The number of likely N-dealkylation sites (tertiary alicyclic amines) is 1. The van der Waals surface area contributed by atoms with Gasteiger partial charge in [-0.1, -0.05) is 0 Å². The van der Waals surface area contributed by atoms with Gasteiger partial charge in [-0.2, -0.15) is 5.10 Å². The van der Waals surface area contributed by atoms with Gasteiger partial charge in [0.05, 0.1) is 11.8 Å². The molecule has 112 valence electrons. The highest BCUT2D eigenvalue weighted by atomic mass is 16.3. The predicted octanol–water partition coefficient (Wildman–Crippen LogP) is 2.01. The van der Waals surface area contributed by atoms with Crippen molar-refractivity contribution in [2.24, 2.45) is 5.92 Å². The summed E-state index contributed by atoms with van der Waals surface area (Å²) in [5.41, 5.74) is 1.60. The number of carbonyl (C=O) groups excluding carboxylic acids is 1. The van der Waals surface area contributed by atoms with E-state index in [9.17, 15) is 9.90 Å². The number of rotatable bonds is 3. The molecule has 2 unspecified atom stereocenters. The van der Waals surface area contributed by atoms with E-state index in [1.54, 1.807) is 6.20 Å². The first-order chi connectivity index (χ1) is 9.45. The molecule has 1 amide bonds. The van der Waals surface area contributed by atoms with Crippen LogP contribution in [0.4, 0.5) is 0 Å². The Labute approximate surface area is 120 Å². The minimum absolute atomic E-state index is 0.0417. The molecule has 1 aromatic rings. The Bertz CT molecular complexity index is 481. The summed E-state index contributed by atoms with van der Waals surface area (Å²) in [5, 5.41) is 13.6. The summed E-state index contributed by atoms with van der Waals surface area (Å²) in [6, 6.07) is 0.479. The van der Waals surface area contributed by atoms with Gasteiger partial charge in [-0.25, -0.2) is 0 Å². The van der Waals surface area contributed by atoms with E-state index in [0.717, 1.165) is 18.5 Å². The van der Waals surface area contributed by atoms with Crippen LogP contribution in [-0.4, -0.2) is 44.9 Å². The Balaban J connectivity index is 2.22. The third-order valence-corrected chi connectivity index (χ3v) is 4.26. The van der Waals surface area contributed by atoms with Gasteiger partial charge in [0.1, 0.15) is 0 Å². The highest BCUT2D eigenvalue weighted by Crippen LogP contribution is 2.24. The lowest BCUT2D eigenvalue weighted by Crippen LogP contribution is -2.46. The number of hydrogen-bond donors (Lipinski definition) is 1. The summed E-state index contributed by atoms with van der Waals surface area (Å²) >= 11 is 0. The number of nitrogens with zero attached hydrogens (tertiary/aromatic N) is 3. The zero-order chi connectivity index (χ0) is 14.9. The molecule has 20 heavy (non-hydrogen) atoms. The highest BCUT2D eigenvalue weighted by Gasteiger charge is 2.30. The standard InChI is InChI=1S/C15H25N3O2/c1-10(2)18-12(4)14(7-16-18)15(20)17-8-13(9-19)6-5-11(17)3/h7,10-11,13,19H,5-6,8-9H2,1-4H3. The van der Waals surface area contributed by atoms with E-state index in [2.05, 4.69) is 25.9 Å². The van der Waals surface area contributed by atoms with E-state index in [1.165, 1.54) is 0 Å². The van der Waals surface area contributed by atoms with Gasteiger partial charge in [0, 0.05) is 30.9 Å². The van der Waals surface area contributed by atoms with Crippen molar-refractivity contribution < 1.29 is 9.90 Å². The minimum Gasteiger partial charge on any atom is -0.396 e. The first-order valence-electron chi connectivity index (χ1n) is 7.41. The fourth-order valence-corrected chi connectivity index (χ4v) is 2.92. The fraction of sp³-hybridized carbons (Fsp3) is 0.733. The van der Waals surface area contributed by atoms with Gasteiger partial charge in [0.15, 0.2) is 0 Å². The summed E-state index contributed by atoms with van der Waals surface area (Å²) in [6.45, 7) is 8.93. The van der Waals surface area contributed by atoms with Crippen LogP contribution in [0.2, 0.25) is 0 Å². The number of aromatic nitrogens is 2. The van der Waals surface area contributed by atoms with Crippen LogP contribution in [0.1, 0.15) is 55.7 Å². The van der Waals surface area contributed by atoms with Gasteiger partial charge < -0.3 is 10.0 Å². The van der Waals surface area contributed by atoms with Crippen molar-refractivity contribution >= 4 is 5.91 Å². The van der Waals surface area contributed by atoms with Crippen LogP contribution in [-0.2, 0) is 0 Å². The van der Waals surface area contributed by atoms with Gasteiger partial charge in [-0.05, 0) is 46.5 Å². The molecule has 0 spiro atoms. The quantitative estimate of drug-likeness (QED) is 0.920. The molecule has 2 atom stereocenters. The molecule has 0 saturated carbocycles. The van der Waals surface area contributed by atoms with Crippen LogP contribution in [0.25, 0.3) is 0 Å². The van der Waals surface area contributed by atoms with Gasteiger partial charge in [-0.3, -0.25) is 9.48 Å². The zero-order valence-corrected chi connectivity index (χ0v) is 12.8. The van der Waals surface area contributed by atoms with E-state index in [4.69, 9.17) is 0 Å². The molecule has 1 N–H and O–H groups in total. The molecule has 1 fully saturated rings. The van der Waals surface area contributed by atoms with Crippen molar-refractivity contribution in [2.75, 3.05) is 13.2 Å². The Hall–Kier alpha value is -1.36. The molecule has 1 aliphatic heterocycles. The molecule has 0 radical (unpaired) electrons. The predicted molar refractivity (Wildman–Crippen MR) is 77.7 cm³/mol. The van der Waals surface area contributed by atoms with Crippen LogP contribution < -0.4 is 0 Å². The highest BCUT2D eigenvalue weighted by molar-refractivity contribution is 5.95. The summed E-state index contributed by atoms with van der Waals surface area (Å²) in [4.78, 5) is 14.6. The molecule has 0 aromatic carbocycles. The largest absolute Gasteiger partial charge is 0.396 e. The molecule has 1 aromatic heterocycles. The molecule has 1 saturated heterocycles. The smallest absolute Gasteiger partial charge is 0.257 e. The second-order valence-corrected chi connectivity index (χ2v) is 6.11. The van der Waals surface area contributed by atoms with Gasteiger partial charge in [0.2, 0.25) is 0 Å². The van der Waals surface area contributed by atoms with Crippen molar-refractivity contribution in [1.29, 1.82) is 0 Å². The Morgan fingerprint density at radius 2 is 2.20 bits per heavy atom. The van der Waals surface area contributed by atoms with E-state index in [0.29, 0.717) is 12.1 Å². The molecule has 5 nitrogen and oxygen atoms in total. The van der Waals surface area contributed by atoms with Crippen molar-refractivity contribution in [3.05, 3.63) is 17.5 Å². The number of piperidine rings is 1. The molecule has 1 aliphatic rings. The number of aliphatic hydroxyl groups is 1. The van der Waals surface area contributed by atoms with E-state index >= 15 is 0 Å². The van der Waals surface area contributed by atoms with E-state index in [1.807, 2.05) is 16.5 Å². The molecule has 0 bridgehead atoms. The second kappa shape index (κ2) is 5.95. The van der Waals surface area contributed by atoms with Crippen molar-refractivity contribution in [3.63, 3.8) is 0 Å². The maximum absolute atomic E-state index is 12.7. The first kappa shape index (κ1) is 15.0. The zero-order valence-electron chi connectivity index (χ0n) is 12.8. The van der Waals surface area contributed by atoms with Gasteiger partial charge in [0.25, 0.3) is 5.91 Å². The molecular weight excluding hydrogens is 254 g/mol. The van der Waals surface area contributed by atoms with Crippen molar-refractivity contribution in [2.45, 2.75) is 52.6 Å². The van der Waals surface area contributed by atoms with Crippen LogP contribution in [0.5, 0.6) is 0 Å². The van der Waals surface area contributed by atoms with Crippen LogP contribution >= 0.6 is 0 Å². The summed E-state index contributed by atoms with van der Waals surface area (Å²) in [5.74, 6) is 0.246. The van der Waals surface area contributed by atoms with Crippen molar-refractivity contribution in [3.8, 4) is 0 Å². The van der Waals surface area contributed by atoms with Crippen LogP contribution in [0.15, 0.2) is 6.20 Å². The van der Waals surface area contributed by atoms with Crippen LogP contribution in [0, 0.1) is 12.8 Å². The van der Waals surface area contributed by atoms with E-state index < -0.39 is 0 Å². The molecule has 2 rings (SSSR count). The fourth-order valence-electron chi connectivity index (χ4n) is 2.92.